The molecule has 3 heterocycles. The van der Waals surface area contributed by atoms with Crippen molar-refractivity contribution in [3.63, 3.8) is 0 Å². The summed E-state index contributed by atoms with van der Waals surface area (Å²) in [6.07, 6.45) is 4.85. The summed E-state index contributed by atoms with van der Waals surface area (Å²) in [6.45, 7) is 1.38. The number of carbonyl (C=O) groups excluding carboxylic acids is 1. The van der Waals surface area contributed by atoms with Gasteiger partial charge < -0.3 is 15.5 Å². The Morgan fingerprint density at radius 2 is 1.95 bits per heavy atom. The summed E-state index contributed by atoms with van der Waals surface area (Å²) >= 11 is 0. The van der Waals surface area contributed by atoms with Crippen molar-refractivity contribution in [3.05, 3.63) is 42.9 Å². The fourth-order valence-electron chi connectivity index (χ4n) is 2.00. The van der Waals surface area contributed by atoms with E-state index in [4.69, 9.17) is 10.2 Å². The van der Waals surface area contributed by atoms with Crippen LogP contribution in [0.2, 0.25) is 0 Å². The number of nitrogens with one attached hydrogen (secondary N) is 1. The quantitative estimate of drug-likeness (QED) is 0.768. The Kier molecular flexibility index (Phi) is 3.53. The Labute approximate surface area is 126 Å². The lowest BCUT2D eigenvalue weighted by molar-refractivity contribution is -0.114. The molecule has 0 aliphatic rings. The van der Waals surface area contributed by atoms with Crippen LogP contribution in [0.15, 0.2) is 47.3 Å². The van der Waals surface area contributed by atoms with Gasteiger partial charge in [0.05, 0.1) is 6.26 Å². The number of nitrogen functional groups attached to an aromatic ring is 1. The van der Waals surface area contributed by atoms with E-state index in [0.29, 0.717) is 17.1 Å². The number of carbonyl (C=O) groups is 1. The number of anilines is 2. The standard InChI is InChI=1S/C15H13N5O2/c1-9(21)18-15-14(16)19-12(10-4-6-17-7-5-10)13(20-15)11-3-2-8-22-11/h2-8H,1H3,(H2,16,19)(H,18,20,21). The summed E-state index contributed by atoms with van der Waals surface area (Å²) in [5.74, 6) is 0.600. The van der Waals surface area contributed by atoms with E-state index in [1.165, 1.54) is 6.92 Å². The summed E-state index contributed by atoms with van der Waals surface area (Å²) in [5.41, 5.74) is 7.75. The Balaban J connectivity index is 2.20. The molecule has 0 unspecified atom stereocenters. The van der Waals surface area contributed by atoms with Gasteiger partial charge in [-0.2, -0.15) is 0 Å². The minimum atomic E-state index is -0.275. The van der Waals surface area contributed by atoms with Crippen molar-refractivity contribution in [2.75, 3.05) is 11.1 Å². The minimum absolute atomic E-state index is 0.136. The van der Waals surface area contributed by atoms with Gasteiger partial charge in [0, 0.05) is 24.9 Å². The molecule has 7 heteroatoms. The number of nitrogens with zero attached hydrogens (tertiary/aromatic N) is 3. The Bertz CT molecular complexity index is 800. The third kappa shape index (κ3) is 2.64. The molecule has 0 aromatic carbocycles. The van der Waals surface area contributed by atoms with Crippen LogP contribution in [-0.2, 0) is 4.79 Å². The maximum absolute atomic E-state index is 11.3. The monoisotopic (exact) mass is 295 g/mol. The van der Waals surface area contributed by atoms with Crippen LogP contribution < -0.4 is 11.1 Å². The molecule has 3 aromatic rings. The number of nitrogens with two attached hydrogens (primary N) is 1. The van der Waals surface area contributed by atoms with Gasteiger partial charge in [-0.15, -0.1) is 0 Å². The smallest absolute Gasteiger partial charge is 0.222 e. The number of hydrogen-bond acceptors (Lipinski definition) is 6. The minimum Gasteiger partial charge on any atom is -0.463 e. The first-order chi connectivity index (χ1) is 10.6. The summed E-state index contributed by atoms with van der Waals surface area (Å²) in [5, 5.41) is 2.56. The highest BCUT2D eigenvalue weighted by atomic mass is 16.3. The van der Waals surface area contributed by atoms with Crippen LogP contribution in [0.25, 0.3) is 22.7 Å². The highest BCUT2D eigenvalue weighted by Gasteiger charge is 2.17. The normalized spacial score (nSPS) is 10.4. The van der Waals surface area contributed by atoms with Gasteiger partial charge in [-0.3, -0.25) is 9.78 Å². The summed E-state index contributed by atoms with van der Waals surface area (Å²) in [6, 6.07) is 7.12. The topological polar surface area (TPSA) is 107 Å². The molecule has 110 valence electrons. The first-order valence-electron chi connectivity index (χ1n) is 6.54. The summed E-state index contributed by atoms with van der Waals surface area (Å²) < 4.78 is 5.41. The van der Waals surface area contributed by atoms with E-state index >= 15 is 0 Å². The highest BCUT2D eigenvalue weighted by Crippen LogP contribution is 2.32. The lowest BCUT2D eigenvalue weighted by atomic mass is 10.1. The first kappa shape index (κ1) is 13.7. The van der Waals surface area contributed by atoms with Crippen molar-refractivity contribution in [2.24, 2.45) is 0 Å². The molecule has 0 saturated heterocycles. The molecule has 0 atom stereocenters. The Hall–Kier alpha value is -3.22. The predicted octanol–water partition coefficient (Wildman–Crippen LogP) is 2.34. The van der Waals surface area contributed by atoms with Crippen molar-refractivity contribution in [2.45, 2.75) is 6.92 Å². The van der Waals surface area contributed by atoms with E-state index in [0.717, 1.165) is 5.56 Å². The number of pyridine rings is 1. The number of furan rings is 1. The molecule has 3 N–H and O–H groups in total. The van der Waals surface area contributed by atoms with Gasteiger partial charge in [-0.05, 0) is 24.3 Å². The van der Waals surface area contributed by atoms with Crippen LogP contribution in [0.5, 0.6) is 0 Å². The van der Waals surface area contributed by atoms with Gasteiger partial charge >= 0.3 is 0 Å². The molecule has 0 fully saturated rings. The number of hydrogen-bond donors (Lipinski definition) is 2. The zero-order chi connectivity index (χ0) is 15.5. The zero-order valence-corrected chi connectivity index (χ0v) is 11.8. The molecule has 3 rings (SSSR count). The maximum Gasteiger partial charge on any atom is 0.222 e. The van der Waals surface area contributed by atoms with Crippen LogP contribution in [0.3, 0.4) is 0 Å². The van der Waals surface area contributed by atoms with E-state index in [9.17, 15) is 4.79 Å². The van der Waals surface area contributed by atoms with Gasteiger partial charge in [0.25, 0.3) is 0 Å². The molecule has 22 heavy (non-hydrogen) atoms. The van der Waals surface area contributed by atoms with Crippen molar-refractivity contribution < 1.29 is 9.21 Å². The number of rotatable bonds is 3. The average Bonchev–Trinajstić information content (AvgIpc) is 3.03. The molecule has 0 spiro atoms. The maximum atomic E-state index is 11.3. The third-order valence-electron chi connectivity index (χ3n) is 2.93. The van der Waals surface area contributed by atoms with Crippen molar-refractivity contribution in [1.29, 1.82) is 0 Å². The summed E-state index contributed by atoms with van der Waals surface area (Å²) in [4.78, 5) is 24.0. The van der Waals surface area contributed by atoms with Crippen LogP contribution in [0.4, 0.5) is 11.6 Å². The fourth-order valence-corrected chi connectivity index (χ4v) is 2.00. The van der Waals surface area contributed by atoms with Gasteiger partial charge in [0.2, 0.25) is 5.91 Å². The zero-order valence-electron chi connectivity index (χ0n) is 11.8. The molecular weight excluding hydrogens is 282 g/mol. The van der Waals surface area contributed by atoms with E-state index in [1.807, 2.05) is 0 Å². The van der Waals surface area contributed by atoms with Crippen molar-refractivity contribution in [1.82, 2.24) is 15.0 Å². The van der Waals surface area contributed by atoms with Crippen LogP contribution >= 0.6 is 0 Å². The van der Waals surface area contributed by atoms with Gasteiger partial charge in [-0.1, -0.05) is 0 Å². The molecular formula is C15H13N5O2. The average molecular weight is 295 g/mol. The predicted molar refractivity (Wildman–Crippen MR) is 81.7 cm³/mol. The number of aromatic nitrogens is 3. The van der Waals surface area contributed by atoms with Gasteiger partial charge in [-0.25, -0.2) is 9.97 Å². The van der Waals surface area contributed by atoms with E-state index in [1.54, 1.807) is 42.9 Å². The molecule has 0 bridgehead atoms. The second kappa shape index (κ2) is 5.65. The van der Waals surface area contributed by atoms with Crippen LogP contribution in [-0.4, -0.2) is 20.9 Å². The second-order valence-corrected chi connectivity index (χ2v) is 4.55. The van der Waals surface area contributed by atoms with E-state index in [-0.39, 0.29) is 17.5 Å². The van der Waals surface area contributed by atoms with Crippen LogP contribution in [0, 0.1) is 0 Å². The van der Waals surface area contributed by atoms with Crippen LogP contribution in [0.1, 0.15) is 6.92 Å². The first-order valence-corrected chi connectivity index (χ1v) is 6.54. The SMILES string of the molecule is CC(=O)Nc1nc(-c2ccco2)c(-c2ccncc2)nc1N. The molecule has 0 aliphatic carbocycles. The number of amides is 1. The van der Waals surface area contributed by atoms with Crippen molar-refractivity contribution in [3.8, 4) is 22.7 Å². The largest absolute Gasteiger partial charge is 0.463 e. The Morgan fingerprint density at radius 1 is 1.18 bits per heavy atom. The summed E-state index contributed by atoms with van der Waals surface area (Å²) in [7, 11) is 0. The second-order valence-electron chi connectivity index (χ2n) is 4.55. The molecule has 1 amide bonds. The lowest BCUT2D eigenvalue weighted by Crippen LogP contribution is -2.12. The molecule has 7 nitrogen and oxygen atoms in total. The third-order valence-corrected chi connectivity index (χ3v) is 2.93. The molecule has 0 aliphatic heterocycles. The lowest BCUT2D eigenvalue weighted by Gasteiger charge is -2.11. The highest BCUT2D eigenvalue weighted by molar-refractivity contribution is 5.91. The molecule has 3 aromatic heterocycles. The van der Waals surface area contributed by atoms with Gasteiger partial charge in [0.15, 0.2) is 17.4 Å². The Morgan fingerprint density at radius 3 is 2.59 bits per heavy atom. The van der Waals surface area contributed by atoms with E-state index in [2.05, 4.69) is 20.3 Å². The van der Waals surface area contributed by atoms with Gasteiger partial charge in [0.1, 0.15) is 11.4 Å². The van der Waals surface area contributed by atoms with E-state index < -0.39 is 0 Å². The van der Waals surface area contributed by atoms with Crippen molar-refractivity contribution >= 4 is 17.5 Å². The molecule has 0 saturated carbocycles. The molecule has 0 radical (unpaired) electrons. The fraction of sp³-hybridized carbons (Fsp3) is 0.0667.